The summed E-state index contributed by atoms with van der Waals surface area (Å²) in [4.78, 5) is 23.8. The van der Waals surface area contributed by atoms with Crippen LogP contribution in [0.1, 0.15) is 11.1 Å². The normalized spacial score (nSPS) is 13.6. The Morgan fingerprint density at radius 3 is 2.28 bits per heavy atom. The van der Waals surface area contributed by atoms with Crippen LogP contribution in [0.3, 0.4) is 0 Å². The van der Waals surface area contributed by atoms with Gasteiger partial charge in [-0.2, -0.15) is 0 Å². The van der Waals surface area contributed by atoms with E-state index in [1.807, 2.05) is 10.8 Å². The average molecular weight is 417 g/mol. The van der Waals surface area contributed by atoms with Crippen LogP contribution in [-0.4, -0.2) is 30.7 Å². The maximum Gasteiger partial charge on any atom is 0.316 e. The Labute approximate surface area is 168 Å². The summed E-state index contributed by atoms with van der Waals surface area (Å²) in [7, 11) is -4.25. The van der Waals surface area contributed by atoms with Gasteiger partial charge in [0.2, 0.25) is 15.9 Å². The molecule has 2 rings (SSSR count). The molecule has 1 amide bonds. The molecule has 0 fully saturated rings. The number of hydrogen-bond acceptors (Lipinski definition) is 4. The van der Waals surface area contributed by atoms with Crippen LogP contribution in [0.4, 0.5) is 4.39 Å². The summed E-state index contributed by atoms with van der Waals surface area (Å²) in [5.74, 6) is -4.83. The van der Waals surface area contributed by atoms with Gasteiger partial charge < -0.3 is 5.11 Å². The van der Waals surface area contributed by atoms with E-state index < -0.39 is 38.9 Å². The fraction of sp³-hybridized carbons (Fsp3) is 0.143. The van der Waals surface area contributed by atoms with Crippen LogP contribution in [0, 0.1) is 11.7 Å². The van der Waals surface area contributed by atoms with Crippen LogP contribution in [-0.2, 0) is 26.0 Å². The van der Waals surface area contributed by atoms with Gasteiger partial charge in [-0.05, 0) is 29.7 Å². The van der Waals surface area contributed by atoms with Gasteiger partial charge in [-0.15, -0.1) is 6.58 Å². The van der Waals surface area contributed by atoms with E-state index >= 15 is 0 Å². The molecule has 0 radical (unpaired) electrons. The third kappa shape index (κ3) is 6.39. The number of carboxylic acid groups (broad SMARTS) is 1. The molecule has 0 aliphatic carbocycles. The maximum absolute atomic E-state index is 13.0. The summed E-state index contributed by atoms with van der Waals surface area (Å²) in [5, 5.41) is 8.10. The summed E-state index contributed by atoms with van der Waals surface area (Å²) in [6, 6.07) is 13.8. The number of benzene rings is 2. The van der Waals surface area contributed by atoms with E-state index in [9.17, 15) is 27.5 Å². The molecule has 8 heteroatoms. The molecule has 0 aliphatic rings. The van der Waals surface area contributed by atoms with Crippen molar-refractivity contribution < 1.29 is 27.5 Å². The highest BCUT2D eigenvalue weighted by molar-refractivity contribution is 7.91. The van der Waals surface area contributed by atoms with Crippen LogP contribution >= 0.6 is 0 Å². The van der Waals surface area contributed by atoms with Gasteiger partial charge in [-0.25, -0.2) is 12.8 Å². The third-order valence-corrected chi connectivity index (χ3v) is 5.63. The highest BCUT2D eigenvalue weighted by atomic mass is 32.2. The van der Waals surface area contributed by atoms with Crippen molar-refractivity contribution in [2.45, 2.75) is 11.7 Å². The summed E-state index contributed by atoms with van der Waals surface area (Å²) in [5.41, 5.74) is 1.14. The number of halogens is 1. The van der Waals surface area contributed by atoms with E-state index in [4.69, 9.17) is 0 Å². The van der Waals surface area contributed by atoms with Crippen molar-refractivity contribution in [3.05, 3.63) is 90.3 Å². The van der Waals surface area contributed by atoms with E-state index in [2.05, 4.69) is 6.58 Å². The molecule has 0 saturated heterocycles. The van der Waals surface area contributed by atoms with Gasteiger partial charge >= 0.3 is 5.97 Å². The van der Waals surface area contributed by atoms with Crippen LogP contribution in [0.2, 0.25) is 0 Å². The molecule has 0 saturated carbocycles. The number of carboxylic acids is 1. The molecular formula is C21H20FNO5S. The zero-order chi connectivity index (χ0) is 21.4. The Morgan fingerprint density at radius 1 is 1.10 bits per heavy atom. The van der Waals surface area contributed by atoms with Crippen molar-refractivity contribution in [3.8, 4) is 0 Å². The Hall–Kier alpha value is -3.26. The molecule has 6 nitrogen and oxygen atoms in total. The van der Waals surface area contributed by atoms with Gasteiger partial charge in [0.25, 0.3) is 0 Å². The first kappa shape index (κ1) is 22.0. The molecule has 2 unspecified atom stereocenters. The summed E-state index contributed by atoms with van der Waals surface area (Å²) >= 11 is 0. The number of nitrogens with one attached hydrogen (secondary N) is 1. The predicted octanol–water partition coefficient (Wildman–Crippen LogP) is 2.78. The van der Waals surface area contributed by atoms with E-state index in [-0.39, 0.29) is 6.42 Å². The molecule has 152 valence electrons. The highest BCUT2D eigenvalue weighted by Crippen LogP contribution is 2.13. The minimum absolute atomic E-state index is 0.282. The van der Waals surface area contributed by atoms with Gasteiger partial charge in [-0.3, -0.25) is 14.3 Å². The minimum Gasteiger partial charge on any atom is -0.481 e. The standard InChI is InChI=1S/C21H20FNO5S/c1-2-18(13-10-15-6-4-3-5-7-15)29(27,28)23-20(24)19(21(25)26)14-16-8-11-17(22)12-9-16/h2-13,18-19H,1,14H2,(H,23,24)(H,25,26). The lowest BCUT2D eigenvalue weighted by Crippen LogP contribution is -2.43. The lowest BCUT2D eigenvalue weighted by molar-refractivity contribution is -0.146. The fourth-order valence-electron chi connectivity index (χ4n) is 2.51. The lowest BCUT2D eigenvalue weighted by Gasteiger charge is -2.15. The first-order valence-corrected chi connectivity index (χ1v) is 10.2. The lowest BCUT2D eigenvalue weighted by atomic mass is 9.99. The number of hydrogen-bond donors (Lipinski definition) is 2. The molecule has 0 aliphatic heterocycles. The Morgan fingerprint density at radius 2 is 1.72 bits per heavy atom. The highest BCUT2D eigenvalue weighted by Gasteiger charge is 2.31. The van der Waals surface area contributed by atoms with E-state index in [0.29, 0.717) is 5.56 Å². The van der Waals surface area contributed by atoms with Crippen LogP contribution in [0.15, 0.2) is 73.3 Å². The number of aliphatic carboxylic acids is 1. The number of carbonyl (C=O) groups is 2. The van der Waals surface area contributed by atoms with Gasteiger partial charge in [0.15, 0.2) is 0 Å². The summed E-state index contributed by atoms with van der Waals surface area (Å²) in [6.45, 7) is 3.47. The number of carbonyl (C=O) groups excluding carboxylic acids is 1. The van der Waals surface area contributed by atoms with E-state index in [1.165, 1.54) is 18.2 Å². The quantitative estimate of drug-likeness (QED) is 0.483. The van der Waals surface area contributed by atoms with Crippen LogP contribution < -0.4 is 4.72 Å². The van der Waals surface area contributed by atoms with Gasteiger partial charge in [0.1, 0.15) is 17.0 Å². The zero-order valence-electron chi connectivity index (χ0n) is 15.4. The van der Waals surface area contributed by atoms with Crippen molar-refractivity contribution in [1.82, 2.24) is 4.72 Å². The molecular weight excluding hydrogens is 397 g/mol. The maximum atomic E-state index is 13.0. The number of sulfonamides is 1. The second-order valence-electron chi connectivity index (χ2n) is 6.20. The van der Waals surface area contributed by atoms with E-state index in [0.717, 1.165) is 23.8 Å². The first-order valence-electron chi connectivity index (χ1n) is 8.61. The van der Waals surface area contributed by atoms with Crippen LogP contribution in [0.5, 0.6) is 0 Å². The largest absolute Gasteiger partial charge is 0.481 e. The second-order valence-corrected chi connectivity index (χ2v) is 8.04. The topological polar surface area (TPSA) is 101 Å². The predicted molar refractivity (Wildman–Crippen MR) is 108 cm³/mol. The van der Waals surface area contributed by atoms with Crippen molar-refractivity contribution in [3.63, 3.8) is 0 Å². The SMILES string of the molecule is C=CC(C=Cc1ccccc1)S(=O)(=O)NC(=O)C(Cc1ccc(F)cc1)C(=O)O. The molecule has 2 aromatic carbocycles. The molecule has 2 N–H and O–H groups in total. The van der Waals surface area contributed by atoms with Gasteiger partial charge in [-0.1, -0.05) is 60.7 Å². The van der Waals surface area contributed by atoms with Gasteiger partial charge in [0, 0.05) is 0 Å². The van der Waals surface area contributed by atoms with Crippen molar-refractivity contribution >= 4 is 28.0 Å². The first-order chi connectivity index (χ1) is 13.7. The number of amides is 1. The number of rotatable bonds is 9. The molecule has 0 aromatic heterocycles. The van der Waals surface area contributed by atoms with Crippen LogP contribution in [0.25, 0.3) is 6.08 Å². The zero-order valence-corrected chi connectivity index (χ0v) is 16.2. The third-order valence-electron chi connectivity index (χ3n) is 4.08. The average Bonchev–Trinajstić information content (AvgIpc) is 2.67. The molecule has 2 aromatic rings. The summed E-state index contributed by atoms with van der Waals surface area (Å²) in [6.07, 6.45) is 3.75. The molecule has 0 spiro atoms. The molecule has 2 atom stereocenters. The van der Waals surface area contributed by atoms with Crippen molar-refractivity contribution in [1.29, 1.82) is 0 Å². The fourth-order valence-corrected chi connectivity index (χ4v) is 3.60. The molecule has 0 heterocycles. The second kappa shape index (κ2) is 9.79. The Balaban J connectivity index is 2.15. The molecule has 0 bridgehead atoms. The van der Waals surface area contributed by atoms with Crippen molar-refractivity contribution in [2.75, 3.05) is 0 Å². The monoisotopic (exact) mass is 417 g/mol. The van der Waals surface area contributed by atoms with Gasteiger partial charge in [0.05, 0.1) is 0 Å². The van der Waals surface area contributed by atoms with E-state index in [1.54, 1.807) is 30.3 Å². The van der Waals surface area contributed by atoms with Crippen molar-refractivity contribution in [2.24, 2.45) is 5.92 Å². The minimum atomic E-state index is -4.25. The molecule has 29 heavy (non-hydrogen) atoms. The smallest absolute Gasteiger partial charge is 0.316 e. The Bertz CT molecular complexity index is 1000. The Kier molecular flexibility index (Phi) is 7.44. The summed E-state index contributed by atoms with van der Waals surface area (Å²) < 4.78 is 39.8.